The first-order valence-corrected chi connectivity index (χ1v) is 9.07. The zero-order chi connectivity index (χ0) is 18.2. The van der Waals surface area contributed by atoms with Gasteiger partial charge in [0.25, 0.3) is 0 Å². The van der Waals surface area contributed by atoms with E-state index in [9.17, 15) is 4.79 Å². The summed E-state index contributed by atoms with van der Waals surface area (Å²) in [5.74, 6) is -0.350. The van der Waals surface area contributed by atoms with E-state index < -0.39 is 0 Å². The molecule has 0 fully saturated rings. The van der Waals surface area contributed by atoms with Gasteiger partial charge < -0.3 is 4.74 Å². The van der Waals surface area contributed by atoms with Gasteiger partial charge in [0.1, 0.15) is 13.2 Å². The van der Waals surface area contributed by atoms with Crippen LogP contribution in [-0.4, -0.2) is 18.2 Å². The number of ether oxygens (including phenoxy) is 1. The Morgan fingerprint density at radius 3 is 1.88 bits per heavy atom. The highest BCUT2D eigenvalue weighted by Gasteiger charge is 2.08. The van der Waals surface area contributed by atoms with Crippen LogP contribution in [0.3, 0.4) is 0 Å². The summed E-state index contributed by atoms with van der Waals surface area (Å²) in [4.78, 5) is 16.6. The molecule has 3 nitrogen and oxygen atoms in total. The molecule has 0 radical (unpaired) electrons. The van der Waals surface area contributed by atoms with Crippen molar-refractivity contribution in [1.82, 2.24) is 0 Å². The van der Waals surface area contributed by atoms with Crippen molar-refractivity contribution >= 4 is 27.6 Å². The molecule has 0 aliphatic rings. The van der Waals surface area contributed by atoms with E-state index in [2.05, 4.69) is 20.9 Å². The minimum absolute atomic E-state index is 0.0182. The van der Waals surface area contributed by atoms with E-state index in [0.29, 0.717) is 0 Å². The average Bonchev–Trinajstić information content (AvgIpc) is 2.69. The molecule has 0 heterocycles. The van der Waals surface area contributed by atoms with E-state index >= 15 is 0 Å². The number of halogens is 1. The Morgan fingerprint density at radius 1 is 0.808 bits per heavy atom. The molecule has 0 unspecified atom stereocenters. The third-order valence-corrected chi connectivity index (χ3v) is 4.30. The van der Waals surface area contributed by atoms with E-state index in [-0.39, 0.29) is 19.1 Å². The van der Waals surface area contributed by atoms with Gasteiger partial charge in [-0.15, -0.1) is 0 Å². The normalized spacial score (nSPS) is 10.2. The van der Waals surface area contributed by atoms with Gasteiger partial charge in [-0.3, -0.25) is 9.79 Å². The van der Waals surface area contributed by atoms with Crippen LogP contribution in [0, 0.1) is 0 Å². The van der Waals surface area contributed by atoms with Crippen molar-refractivity contribution in [3.8, 4) is 0 Å². The summed E-state index contributed by atoms with van der Waals surface area (Å²) < 4.78 is 6.32. The second kappa shape index (κ2) is 9.11. The van der Waals surface area contributed by atoms with Crippen LogP contribution in [0.15, 0.2) is 94.4 Å². The quantitative estimate of drug-likeness (QED) is 0.424. The molecule has 0 amide bonds. The molecule has 3 rings (SSSR count). The summed E-state index contributed by atoms with van der Waals surface area (Å²) in [6, 6.07) is 27.4. The molecule has 0 saturated heterocycles. The minimum Gasteiger partial charge on any atom is -0.459 e. The molecule has 0 spiro atoms. The van der Waals surface area contributed by atoms with Gasteiger partial charge in [-0.1, -0.05) is 88.7 Å². The first kappa shape index (κ1) is 18.1. The minimum atomic E-state index is -0.350. The second-order valence-electron chi connectivity index (χ2n) is 5.68. The molecule has 3 aromatic rings. The second-order valence-corrected chi connectivity index (χ2v) is 6.60. The van der Waals surface area contributed by atoms with Gasteiger partial charge in [0.05, 0.1) is 5.71 Å². The van der Waals surface area contributed by atoms with Crippen LogP contribution in [-0.2, 0) is 16.1 Å². The van der Waals surface area contributed by atoms with E-state index in [0.717, 1.165) is 26.9 Å². The first-order valence-electron chi connectivity index (χ1n) is 8.28. The molecule has 0 atom stereocenters. The molecule has 0 aliphatic carbocycles. The van der Waals surface area contributed by atoms with Crippen molar-refractivity contribution < 1.29 is 9.53 Å². The molecular formula is C22H18BrNO2. The Hall–Kier alpha value is -2.72. The van der Waals surface area contributed by atoms with Gasteiger partial charge in [-0.2, -0.15) is 0 Å². The molecule has 4 heteroatoms. The highest BCUT2D eigenvalue weighted by atomic mass is 79.9. The van der Waals surface area contributed by atoms with Crippen LogP contribution < -0.4 is 0 Å². The van der Waals surface area contributed by atoms with Crippen LogP contribution >= 0.6 is 15.9 Å². The number of hydrogen-bond acceptors (Lipinski definition) is 3. The molecule has 0 bridgehead atoms. The Kier molecular flexibility index (Phi) is 6.34. The maximum Gasteiger partial charge on any atom is 0.328 e. The molecule has 0 aliphatic heterocycles. The lowest BCUT2D eigenvalue weighted by molar-refractivity contribution is -0.143. The van der Waals surface area contributed by atoms with Gasteiger partial charge in [0.15, 0.2) is 0 Å². The van der Waals surface area contributed by atoms with Crippen LogP contribution in [0.4, 0.5) is 0 Å². The Balaban J connectivity index is 1.70. The Bertz CT molecular complexity index is 834. The lowest BCUT2D eigenvalue weighted by Gasteiger charge is -2.08. The van der Waals surface area contributed by atoms with Gasteiger partial charge in [-0.05, 0) is 17.7 Å². The number of hydrogen-bond donors (Lipinski definition) is 0. The lowest BCUT2D eigenvalue weighted by Crippen LogP contribution is -2.12. The maximum atomic E-state index is 12.1. The van der Waals surface area contributed by atoms with Crippen molar-refractivity contribution in [2.24, 2.45) is 4.99 Å². The molecule has 26 heavy (non-hydrogen) atoms. The van der Waals surface area contributed by atoms with Gasteiger partial charge in [0.2, 0.25) is 0 Å². The van der Waals surface area contributed by atoms with Crippen molar-refractivity contribution in [2.45, 2.75) is 6.61 Å². The summed E-state index contributed by atoms with van der Waals surface area (Å²) in [7, 11) is 0. The van der Waals surface area contributed by atoms with Gasteiger partial charge >= 0.3 is 5.97 Å². The summed E-state index contributed by atoms with van der Waals surface area (Å²) >= 11 is 3.39. The summed E-state index contributed by atoms with van der Waals surface area (Å²) in [6.07, 6.45) is 0. The summed E-state index contributed by atoms with van der Waals surface area (Å²) in [5, 5.41) is 0. The van der Waals surface area contributed by atoms with Crippen molar-refractivity contribution in [3.63, 3.8) is 0 Å². The number of esters is 1. The topological polar surface area (TPSA) is 38.7 Å². The highest BCUT2D eigenvalue weighted by Crippen LogP contribution is 2.12. The molecule has 0 N–H and O–H groups in total. The fraction of sp³-hybridized carbons (Fsp3) is 0.0909. The Labute approximate surface area is 161 Å². The number of carbonyl (C=O) groups is 1. The van der Waals surface area contributed by atoms with Gasteiger partial charge in [0, 0.05) is 15.6 Å². The van der Waals surface area contributed by atoms with Crippen LogP contribution in [0.2, 0.25) is 0 Å². The molecule has 0 aromatic heterocycles. The van der Waals surface area contributed by atoms with Crippen LogP contribution in [0.5, 0.6) is 0 Å². The van der Waals surface area contributed by atoms with E-state index in [1.54, 1.807) is 0 Å². The van der Waals surface area contributed by atoms with E-state index in [1.807, 2.05) is 84.9 Å². The van der Waals surface area contributed by atoms with Gasteiger partial charge in [-0.25, -0.2) is 0 Å². The first-order chi connectivity index (χ1) is 12.7. The fourth-order valence-corrected chi connectivity index (χ4v) is 2.74. The molecule has 130 valence electrons. The zero-order valence-corrected chi connectivity index (χ0v) is 15.7. The van der Waals surface area contributed by atoms with Crippen molar-refractivity contribution in [1.29, 1.82) is 0 Å². The molecule has 0 saturated carbocycles. The number of aliphatic imine (C=N–C) groups is 1. The average molecular weight is 408 g/mol. The number of rotatable bonds is 6. The zero-order valence-electron chi connectivity index (χ0n) is 14.1. The highest BCUT2D eigenvalue weighted by molar-refractivity contribution is 9.10. The summed E-state index contributed by atoms with van der Waals surface area (Å²) in [6.45, 7) is 0.225. The fourth-order valence-electron chi connectivity index (χ4n) is 2.47. The predicted molar refractivity (Wildman–Crippen MR) is 107 cm³/mol. The third-order valence-electron chi connectivity index (χ3n) is 3.77. The number of carbonyl (C=O) groups excluding carboxylic acids is 1. The third kappa shape index (κ3) is 5.14. The SMILES string of the molecule is O=C(CN=C(c1ccccc1)c1ccccc1)OCc1ccc(Br)cc1. The largest absolute Gasteiger partial charge is 0.459 e. The number of nitrogens with zero attached hydrogens (tertiary/aromatic N) is 1. The molecular weight excluding hydrogens is 390 g/mol. The van der Waals surface area contributed by atoms with Crippen LogP contribution in [0.1, 0.15) is 16.7 Å². The summed E-state index contributed by atoms with van der Waals surface area (Å²) in [5.41, 5.74) is 3.67. The predicted octanol–water partition coefficient (Wildman–Crippen LogP) is 5.03. The van der Waals surface area contributed by atoms with Crippen molar-refractivity contribution in [3.05, 3.63) is 106 Å². The Morgan fingerprint density at radius 2 is 1.35 bits per heavy atom. The standard InChI is InChI=1S/C22H18BrNO2/c23-20-13-11-17(12-14-20)16-26-21(25)15-24-22(18-7-3-1-4-8-18)19-9-5-2-6-10-19/h1-14H,15-16H2. The van der Waals surface area contributed by atoms with Crippen molar-refractivity contribution in [2.75, 3.05) is 6.54 Å². The monoisotopic (exact) mass is 407 g/mol. The lowest BCUT2D eigenvalue weighted by atomic mass is 10.0. The number of benzene rings is 3. The smallest absolute Gasteiger partial charge is 0.328 e. The van der Waals surface area contributed by atoms with E-state index in [4.69, 9.17) is 4.74 Å². The molecule has 3 aromatic carbocycles. The maximum absolute atomic E-state index is 12.1. The van der Waals surface area contributed by atoms with Crippen LogP contribution in [0.25, 0.3) is 0 Å². The van der Waals surface area contributed by atoms with E-state index in [1.165, 1.54) is 0 Å².